The Balaban J connectivity index is 1.83. The molecular weight excluding hydrogens is 634 g/mol. The summed E-state index contributed by atoms with van der Waals surface area (Å²) in [5.74, 6) is -0.367. The third kappa shape index (κ3) is 9.59. The van der Waals surface area contributed by atoms with E-state index in [-0.39, 0.29) is 42.0 Å². The van der Waals surface area contributed by atoms with Gasteiger partial charge in [-0.1, -0.05) is 97.7 Å². The maximum Gasteiger partial charge on any atom is 0.264 e. The molecule has 1 atom stereocenters. The lowest BCUT2D eigenvalue weighted by Gasteiger charge is -2.34. The van der Waals surface area contributed by atoms with Gasteiger partial charge in [0.15, 0.2) is 0 Å². The highest BCUT2D eigenvalue weighted by Gasteiger charge is 2.35. The zero-order chi connectivity index (χ0) is 34.0. The number of hydrogen-bond donors (Lipinski definition) is 1. The number of amides is 2. The highest BCUT2D eigenvalue weighted by molar-refractivity contribution is 7.92. The number of hydrogen-bond acceptors (Lipinski definition) is 5. The zero-order valence-electron chi connectivity index (χ0n) is 27.2. The first-order valence-electron chi connectivity index (χ1n) is 15.7. The lowest BCUT2D eigenvalue weighted by Crippen LogP contribution is -2.53. The molecule has 4 rings (SSSR count). The Morgan fingerprint density at radius 1 is 0.851 bits per heavy atom. The lowest BCUT2D eigenvalue weighted by atomic mass is 10.0. The van der Waals surface area contributed by atoms with E-state index in [1.807, 2.05) is 75.4 Å². The van der Waals surface area contributed by atoms with Crippen LogP contribution in [0.15, 0.2) is 108 Å². The van der Waals surface area contributed by atoms with E-state index in [0.717, 1.165) is 21.0 Å². The third-order valence-corrected chi connectivity index (χ3v) is 9.57. The molecule has 0 radical (unpaired) electrons. The topological polar surface area (TPSA) is 96.0 Å². The number of carbonyl (C=O) groups excluding carboxylic acids is 2. The Hall–Kier alpha value is -4.34. The second-order valence-electron chi connectivity index (χ2n) is 11.7. The minimum absolute atomic E-state index is 0.0402. The quantitative estimate of drug-likeness (QED) is 0.152. The molecule has 1 N–H and O–H groups in total. The largest absolute Gasteiger partial charge is 0.492 e. The van der Waals surface area contributed by atoms with Gasteiger partial charge in [-0.2, -0.15) is 0 Å². The zero-order valence-corrected chi connectivity index (χ0v) is 28.8. The maximum absolute atomic E-state index is 14.7. The van der Waals surface area contributed by atoms with E-state index < -0.39 is 28.5 Å². The fourth-order valence-electron chi connectivity index (χ4n) is 5.05. The summed E-state index contributed by atoms with van der Waals surface area (Å²) in [6.07, 6.45) is 0.238. The number of ether oxygens (including phenoxy) is 1. The van der Waals surface area contributed by atoms with Crippen LogP contribution in [0.25, 0.3) is 0 Å². The first-order chi connectivity index (χ1) is 22.5. The molecule has 0 aliphatic rings. The Morgan fingerprint density at radius 3 is 2.13 bits per heavy atom. The van der Waals surface area contributed by atoms with Gasteiger partial charge in [0.05, 0.1) is 17.2 Å². The van der Waals surface area contributed by atoms with Crippen molar-refractivity contribution in [3.05, 3.63) is 125 Å². The monoisotopic (exact) mass is 675 g/mol. The molecule has 0 aromatic heterocycles. The van der Waals surface area contributed by atoms with Crippen LogP contribution < -0.4 is 14.4 Å². The molecule has 0 heterocycles. The second-order valence-corrected chi connectivity index (χ2v) is 14.0. The van der Waals surface area contributed by atoms with Crippen LogP contribution in [0, 0.1) is 12.8 Å². The number of aryl methyl sites for hydroxylation is 1. The van der Waals surface area contributed by atoms with Gasteiger partial charge < -0.3 is 15.0 Å². The van der Waals surface area contributed by atoms with E-state index in [2.05, 4.69) is 5.32 Å². The Kier molecular flexibility index (Phi) is 12.4. The van der Waals surface area contributed by atoms with Crippen LogP contribution >= 0.6 is 11.6 Å². The number of carbonyl (C=O) groups is 2. The fourth-order valence-corrected chi connectivity index (χ4v) is 6.61. The van der Waals surface area contributed by atoms with E-state index in [1.165, 1.54) is 29.2 Å². The van der Waals surface area contributed by atoms with Gasteiger partial charge in [-0.05, 0) is 67.3 Å². The highest BCUT2D eigenvalue weighted by atomic mass is 35.5. The van der Waals surface area contributed by atoms with Gasteiger partial charge in [-0.25, -0.2) is 8.42 Å². The van der Waals surface area contributed by atoms with Crippen molar-refractivity contribution >= 4 is 39.1 Å². The van der Waals surface area contributed by atoms with Crippen molar-refractivity contribution in [2.75, 3.05) is 24.0 Å². The molecule has 0 spiro atoms. The van der Waals surface area contributed by atoms with Crippen LogP contribution in [0.1, 0.15) is 37.5 Å². The van der Waals surface area contributed by atoms with Gasteiger partial charge in [0.1, 0.15) is 18.3 Å². The first-order valence-corrected chi connectivity index (χ1v) is 17.5. The minimum Gasteiger partial charge on any atom is -0.492 e. The number of nitrogens with one attached hydrogen (secondary N) is 1. The summed E-state index contributed by atoms with van der Waals surface area (Å²) in [4.78, 5) is 30.0. The minimum atomic E-state index is -4.30. The van der Waals surface area contributed by atoms with E-state index in [4.69, 9.17) is 16.3 Å². The molecule has 10 heteroatoms. The normalized spacial score (nSPS) is 12.0. The van der Waals surface area contributed by atoms with E-state index in [1.54, 1.807) is 31.2 Å². The summed E-state index contributed by atoms with van der Waals surface area (Å²) >= 11 is 6.09. The van der Waals surface area contributed by atoms with Crippen LogP contribution in [0.5, 0.6) is 5.75 Å². The number of halogens is 1. The smallest absolute Gasteiger partial charge is 0.264 e. The molecule has 4 aromatic rings. The number of nitrogens with zero attached hydrogens (tertiary/aromatic N) is 2. The molecule has 8 nitrogen and oxygen atoms in total. The van der Waals surface area contributed by atoms with Gasteiger partial charge in [0.25, 0.3) is 10.0 Å². The maximum atomic E-state index is 14.7. The van der Waals surface area contributed by atoms with Gasteiger partial charge in [0, 0.05) is 24.5 Å². The average Bonchev–Trinajstić information content (AvgIpc) is 3.06. The molecule has 1 unspecified atom stereocenters. The first kappa shape index (κ1) is 35.5. The SMILES string of the molecule is CCOc1ccccc1N(CC(=O)N(Cc1ccc(C)cc1)C(Cc1ccccc1)C(=O)NCC(C)C)S(=O)(=O)c1ccc(Cl)cc1. The number of para-hydroxylation sites is 2. The second kappa shape index (κ2) is 16.5. The van der Waals surface area contributed by atoms with Crippen molar-refractivity contribution in [3.63, 3.8) is 0 Å². The van der Waals surface area contributed by atoms with Crippen molar-refractivity contribution < 1.29 is 22.7 Å². The van der Waals surface area contributed by atoms with Crippen molar-refractivity contribution in [2.24, 2.45) is 5.92 Å². The predicted molar refractivity (Wildman–Crippen MR) is 187 cm³/mol. The number of anilines is 1. The van der Waals surface area contributed by atoms with Crippen molar-refractivity contribution in [2.45, 2.75) is 51.6 Å². The Bertz CT molecular complexity index is 1730. The molecule has 47 heavy (non-hydrogen) atoms. The van der Waals surface area contributed by atoms with Crippen molar-refractivity contribution in [1.29, 1.82) is 0 Å². The van der Waals surface area contributed by atoms with Crippen LogP contribution in [0.3, 0.4) is 0 Å². The van der Waals surface area contributed by atoms with Crippen LogP contribution in [-0.4, -0.2) is 50.9 Å². The summed E-state index contributed by atoms with van der Waals surface area (Å²) < 4.78 is 35.5. The molecule has 2 amide bonds. The molecule has 0 fully saturated rings. The summed E-state index contributed by atoms with van der Waals surface area (Å²) in [5, 5.41) is 3.38. The van der Waals surface area contributed by atoms with E-state index in [9.17, 15) is 18.0 Å². The molecule has 0 saturated heterocycles. The molecule has 248 valence electrons. The summed E-state index contributed by atoms with van der Waals surface area (Å²) in [6.45, 7) is 7.99. The van der Waals surface area contributed by atoms with E-state index >= 15 is 0 Å². The standard InChI is InChI=1S/C37H42ClN3O5S/c1-5-46-35-14-10-9-13-33(35)41(47(44,45)32-21-19-31(38)20-22-32)26-36(42)40(25-30-17-15-28(4)16-18-30)34(37(43)39-24-27(2)3)23-29-11-7-6-8-12-29/h6-22,27,34H,5,23-26H2,1-4H3,(H,39,43). The van der Waals surface area contributed by atoms with Crippen LogP contribution in [0.2, 0.25) is 5.02 Å². The molecular formula is C37H42ClN3O5S. The molecule has 4 aromatic carbocycles. The Morgan fingerprint density at radius 2 is 1.49 bits per heavy atom. The molecule has 0 bridgehead atoms. The summed E-state index contributed by atoms with van der Waals surface area (Å²) in [6, 6.07) is 28.7. The number of rotatable bonds is 15. The van der Waals surface area contributed by atoms with E-state index in [0.29, 0.717) is 17.3 Å². The fraction of sp³-hybridized carbons (Fsp3) is 0.297. The van der Waals surface area contributed by atoms with Crippen molar-refractivity contribution in [3.8, 4) is 5.75 Å². The average molecular weight is 676 g/mol. The van der Waals surface area contributed by atoms with Gasteiger partial charge in [0.2, 0.25) is 11.8 Å². The predicted octanol–water partition coefficient (Wildman–Crippen LogP) is 6.65. The lowest BCUT2D eigenvalue weighted by molar-refractivity contribution is -0.140. The molecule has 0 aliphatic heterocycles. The third-order valence-electron chi connectivity index (χ3n) is 7.54. The number of benzene rings is 4. The summed E-state index contributed by atoms with van der Waals surface area (Å²) in [7, 11) is -4.30. The van der Waals surface area contributed by atoms with Gasteiger partial charge in [-0.3, -0.25) is 13.9 Å². The van der Waals surface area contributed by atoms with Crippen LogP contribution in [0.4, 0.5) is 5.69 Å². The molecule has 0 aliphatic carbocycles. The van der Waals surface area contributed by atoms with Crippen LogP contribution in [-0.2, 0) is 32.6 Å². The summed E-state index contributed by atoms with van der Waals surface area (Å²) in [5.41, 5.74) is 2.93. The van der Waals surface area contributed by atoms with Gasteiger partial charge in [-0.15, -0.1) is 0 Å². The Labute approximate surface area is 283 Å². The number of sulfonamides is 1. The van der Waals surface area contributed by atoms with Crippen molar-refractivity contribution in [1.82, 2.24) is 10.2 Å². The highest BCUT2D eigenvalue weighted by Crippen LogP contribution is 2.33. The molecule has 0 saturated carbocycles. The van der Waals surface area contributed by atoms with Gasteiger partial charge >= 0.3 is 0 Å².